The molecule has 1 saturated carbocycles. The lowest BCUT2D eigenvalue weighted by molar-refractivity contribution is 0.703. The largest absolute Gasteiger partial charge is 0.310 e. The fraction of sp³-hybridized carbons (Fsp3) is 0.263. The topological polar surface area (TPSA) is 41.7 Å². The quantitative estimate of drug-likeness (QED) is 0.637. The van der Waals surface area contributed by atoms with E-state index in [0.717, 1.165) is 33.5 Å². The second-order valence-corrected chi connectivity index (χ2v) is 8.23. The second kappa shape index (κ2) is 5.39. The lowest BCUT2D eigenvalue weighted by Gasteiger charge is -2.06. The van der Waals surface area contributed by atoms with Crippen molar-refractivity contribution in [3.05, 3.63) is 56.6 Å². The lowest BCUT2D eigenvalue weighted by Crippen LogP contribution is -2.21. The Morgan fingerprint density at radius 2 is 2.12 bits per heavy atom. The molecule has 1 aliphatic carbocycles. The van der Waals surface area contributed by atoms with E-state index in [2.05, 4.69) is 44.1 Å². The van der Waals surface area contributed by atoms with Crippen LogP contribution < -0.4 is 5.49 Å². The molecule has 2 aromatic heterocycles. The van der Waals surface area contributed by atoms with E-state index in [9.17, 15) is 0 Å². The molecule has 24 heavy (non-hydrogen) atoms. The van der Waals surface area contributed by atoms with Gasteiger partial charge < -0.3 is 4.57 Å². The van der Waals surface area contributed by atoms with Crippen LogP contribution in [0, 0.1) is 5.41 Å². The number of allylic oxidation sites excluding steroid dienone is 1. The molecule has 2 aliphatic rings. The molecule has 3 heterocycles. The lowest BCUT2D eigenvalue weighted by atomic mass is 10.1. The smallest absolute Gasteiger partial charge is 0.139 e. The monoisotopic (exact) mass is 397 g/mol. The summed E-state index contributed by atoms with van der Waals surface area (Å²) in [4.78, 5) is 5.95. The van der Waals surface area contributed by atoms with Crippen LogP contribution in [0.1, 0.15) is 42.1 Å². The Morgan fingerprint density at radius 3 is 2.92 bits per heavy atom. The van der Waals surface area contributed by atoms with Gasteiger partial charge in [-0.2, -0.15) is 0 Å². The van der Waals surface area contributed by atoms with Gasteiger partial charge in [0.1, 0.15) is 16.1 Å². The molecule has 5 rings (SSSR count). The van der Waals surface area contributed by atoms with E-state index in [1.165, 1.54) is 29.5 Å². The maximum Gasteiger partial charge on any atom is 0.139 e. The van der Waals surface area contributed by atoms with Crippen molar-refractivity contribution >= 4 is 49.1 Å². The van der Waals surface area contributed by atoms with Crippen molar-refractivity contribution in [1.29, 1.82) is 5.41 Å². The number of nitrogens with zero attached hydrogens (tertiary/aromatic N) is 2. The molecule has 0 radical (unpaired) electrons. The molecule has 3 aromatic rings. The highest BCUT2D eigenvalue weighted by Gasteiger charge is 2.29. The highest BCUT2D eigenvalue weighted by molar-refractivity contribution is 9.10. The van der Waals surface area contributed by atoms with Crippen LogP contribution in [0.5, 0.6) is 0 Å². The van der Waals surface area contributed by atoms with E-state index in [-0.39, 0.29) is 0 Å². The molecule has 1 aromatic carbocycles. The zero-order chi connectivity index (χ0) is 16.3. The predicted molar refractivity (Wildman–Crippen MR) is 102 cm³/mol. The first-order valence-corrected chi connectivity index (χ1v) is 9.91. The van der Waals surface area contributed by atoms with Gasteiger partial charge in [0, 0.05) is 11.0 Å². The van der Waals surface area contributed by atoms with E-state index < -0.39 is 0 Å². The van der Waals surface area contributed by atoms with Crippen molar-refractivity contribution < 1.29 is 0 Å². The fourth-order valence-electron chi connectivity index (χ4n) is 3.50. The van der Waals surface area contributed by atoms with Crippen LogP contribution in [0.15, 0.2) is 34.1 Å². The van der Waals surface area contributed by atoms with Gasteiger partial charge in [-0.3, -0.25) is 5.41 Å². The predicted octanol–water partition coefficient (Wildman–Crippen LogP) is 5.16. The number of rotatable bonds is 2. The number of hydrogen-bond donors (Lipinski definition) is 1. The third kappa shape index (κ3) is 2.22. The van der Waals surface area contributed by atoms with Crippen molar-refractivity contribution in [2.24, 2.45) is 0 Å². The summed E-state index contributed by atoms with van der Waals surface area (Å²) >= 11 is 5.31. The van der Waals surface area contributed by atoms with Crippen LogP contribution in [-0.2, 0) is 6.54 Å². The van der Waals surface area contributed by atoms with E-state index in [1.807, 2.05) is 12.1 Å². The number of nitrogens with one attached hydrogen (secondary N) is 1. The van der Waals surface area contributed by atoms with Gasteiger partial charge in [0.05, 0.1) is 5.39 Å². The van der Waals surface area contributed by atoms with Gasteiger partial charge in [0.15, 0.2) is 0 Å². The van der Waals surface area contributed by atoms with Crippen LogP contribution in [-0.4, -0.2) is 9.55 Å². The average molecular weight is 398 g/mol. The summed E-state index contributed by atoms with van der Waals surface area (Å²) in [6.45, 7) is 0.855. The third-order valence-corrected chi connectivity index (χ3v) is 6.53. The zero-order valence-corrected chi connectivity index (χ0v) is 15.5. The normalized spacial score (nSPS) is 18.5. The summed E-state index contributed by atoms with van der Waals surface area (Å²) in [5.74, 6) is 1.63. The Balaban J connectivity index is 1.69. The minimum absolute atomic E-state index is 0.647. The summed E-state index contributed by atoms with van der Waals surface area (Å²) in [5.41, 5.74) is 4.39. The highest BCUT2D eigenvalue weighted by Crippen LogP contribution is 2.44. The molecule has 1 N–H and O–H groups in total. The summed E-state index contributed by atoms with van der Waals surface area (Å²) in [6.07, 6.45) is 5.67. The van der Waals surface area contributed by atoms with Crippen LogP contribution in [0.4, 0.5) is 0 Å². The van der Waals surface area contributed by atoms with Crippen LogP contribution in [0.25, 0.3) is 21.9 Å². The number of aromatic nitrogens is 2. The van der Waals surface area contributed by atoms with Gasteiger partial charge in [-0.25, -0.2) is 4.98 Å². The Bertz CT molecular complexity index is 1060. The molecular formula is C19H16BrN3S. The van der Waals surface area contributed by atoms with Gasteiger partial charge >= 0.3 is 0 Å². The molecule has 0 spiro atoms. The van der Waals surface area contributed by atoms with Crippen LogP contribution in [0.3, 0.4) is 0 Å². The first-order chi connectivity index (χ1) is 11.7. The van der Waals surface area contributed by atoms with E-state index in [1.54, 1.807) is 11.3 Å². The molecule has 0 bridgehead atoms. The maximum atomic E-state index is 8.70. The molecule has 1 fully saturated rings. The molecule has 1 aliphatic heterocycles. The molecule has 5 heteroatoms. The molecular weight excluding hydrogens is 382 g/mol. The van der Waals surface area contributed by atoms with Crippen molar-refractivity contribution in [3.8, 4) is 0 Å². The summed E-state index contributed by atoms with van der Waals surface area (Å²) in [7, 11) is 0. The van der Waals surface area contributed by atoms with Crippen molar-refractivity contribution in [2.75, 3.05) is 0 Å². The molecule has 120 valence electrons. The standard InChI is InChI=1S/C19H16BrN3S/c20-15-4-2-1-3-12(15)9-13-7-8-23-17(21)16-14(11-5-6-11)10-24-19(16)22-18(13)23/h1-4,9-11,21H,5-8H2/b13-9+,21-17?. The zero-order valence-electron chi connectivity index (χ0n) is 13.1. The summed E-state index contributed by atoms with van der Waals surface area (Å²) in [6, 6.07) is 8.24. The first-order valence-electron chi connectivity index (χ1n) is 8.24. The maximum absolute atomic E-state index is 8.70. The Hall–Kier alpha value is -1.72. The van der Waals surface area contributed by atoms with Crippen molar-refractivity contribution in [2.45, 2.75) is 31.7 Å². The minimum Gasteiger partial charge on any atom is -0.310 e. The molecule has 0 unspecified atom stereocenters. The van der Waals surface area contributed by atoms with E-state index in [0.29, 0.717) is 11.4 Å². The van der Waals surface area contributed by atoms with Crippen LogP contribution in [0.2, 0.25) is 0 Å². The molecule has 0 saturated heterocycles. The second-order valence-electron chi connectivity index (χ2n) is 6.52. The number of halogens is 1. The van der Waals surface area contributed by atoms with Crippen LogP contribution >= 0.6 is 27.3 Å². The van der Waals surface area contributed by atoms with Gasteiger partial charge in [0.2, 0.25) is 0 Å². The van der Waals surface area contributed by atoms with Gasteiger partial charge in [-0.05, 0) is 59.4 Å². The van der Waals surface area contributed by atoms with Gasteiger partial charge in [0.25, 0.3) is 0 Å². The Kier molecular flexibility index (Phi) is 3.28. The minimum atomic E-state index is 0.647. The first kappa shape index (κ1) is 14.6. The fourth-order valence-corrected chi connectivity index (χ4v) is 4.92. The average Bonchev–Trinajstić information content (AvgIpc) is 3.21. The Labute approximate surface area is 152 Å². The third-order valence-electron chi connectivity index (χ3n) is 4.91. The molecule has 3 nitrogen and oxygen atoms in total. The van der Waals surface area contributed by atoms with Crippen molar-refractivity contribution in [1.82, 2.24) is 9.55 Å². The number of thiophene rings is 1. The highest BCUT2D eigenvalue weighted by atomic mass is 79.9. The van der Waals surface area contributed by atoms with Gasteiger partial charge in [-0.15, -0.1) is 11.3 Å². The SMILES string of the molecule is N=c1c2c(C3CC3)csc2nc2n1CC/C2=C\c1ccccc1Br. The number of fused-ring (bicyclic) bond motifs is 2. The van der Waals surface area contributed by atoms with Crippen molar-refractivity contribution in [3.63, 3.8) is 0 Å². The molecule has 0 atom stereocenters. The number of benzene rings is 1. The van der Waals surface area contributed by atoms with Gasteiger partial charge in [-0.1, -0.05) is 34.1 Å². The molecule has 0 amide bonds. The summed E-state index contributed by atoms with van der Waals surface area (Å²) in [5, 5.41) is 12.0. The number of hydrogen-bond acceptors (Lipinski definition) is 3. The Morgan fingerprint density at radius 1 is 1.29 bits per heavy atom. The summed E-state index contributed by atoms with van der Waals surface area (Å²) < 4.78 is 3.18. The van der Waals surface area contributed by atoms with E-state index >= 15 is 0 Å². The van der Waals surface area contributed by atoms with E-state index in [4.69, 9.17) is 10.4 Å².